The third-order valence-electron chi connectivity index (χ3n) is 4.20. The fraction of sp³-hybridized carbons (Fsp3) is 0.571. The molecule has 0 amide bonds. The molecule has 4 nitrogen and oxygen atoms in total. The predicted octanol–water partition coefficient (Wildman–Crippen LogP) is 1.39. The second-order valence-corrected chi connectivity index (χ2v) is 5.81. The van der Waals surface area contributed by atoms with Crippen LogP contribution in [0.15, 0.2) is 18.3 Å². The summed E-state index contributed by atoms with van der Waals surface area (Å²) in [5.74, 6) is 0. The van der Waals surface area contributed by atoms with Gasteiger partial charge in [-0.1, -0.05) is 18.6 Å². The van der Waals surface area contributed by atoms with E-state index >= 15 is 0 Å². The normalized spacial score (nSPS) is 24.0. The first-order valence-corrected chi connectivity index (χ1v) is 7.40. The van der Waals surface area contributed by atoms with Gasteiger partial charge in [-0.05, 0) is 31.5 Å². The molecule has 1 atom stereocenters. The van der Waals surface area contributed by atoms with E-state index in [9.17, 15) is 0 Å². The molecule has 3 rings (SSSR count). The topological polar surface area (TPSA) is 45.4 Å². The van der Waals surface area contributed by atoms with Crippen molar-refractivity contribution in [1.82, 2.24) is 9.88 Å². The van der Waals surface area contributed by atoms with E-state index in [-0.39, 0.29) is 0 Å². The Labute approximate surface area is 119 Å². The number of piperidine rings is 1. The maximum atomic E-state index is 5.78. The van der Waals surface area contributed by atoms with Gasteiger partial charge in [-0.25, -0.2) is 0 Å². The van der Waals surface area contributed by atoms with Crippen LogP contribution in [0.1, 0.15) is 25.0 Å². The first-order valence-electron chi connectivity index (χ1n) is 6.99. The summed E-state index contributed by atoms with van der Waals surface area (Å²) in [4.78, 5) is 9.75. The Morgan fingerprint density at radius 2 is 2.21 bits per heavy atom. The van der Waals surface area contributed by atoms with Crippen molar-refractivity contribution in [3.8, 4) is 0 Å². The molecule has 0 aromatic carbocycles. The first-order chi connectivity index (χ1) is 9.25. The van der Waals surface area contributed by atoms with Crippen molar-refractivity contribution in [2.45, 2.75) is 25.3 Å². The molecule has 1 aromatic rings. The van der Waals surface area contributed by atoms with E-state index in [0.29, 0.717) is 11.0 Å². The third kappa shape index (κ3) is 2.58. The molecule has 5 heteroatoms. The van der Waals surface area contributed by atoms with Crippen LogP contribution in [-0.2, 0) is 0 Å². The number of hydrogen-bond donors (Lipinski definition) is 1. The minimum atomic E-state index is 0.390. The van der Waals surface area contributed by atoms with Crippen molar-refractivity contribution in [3.05, 3.63) is 24.0 Å². The highest BCUT2D eigenvalue weighted by Gasteiger charge is 2.29. The molecule has 1 unspecified atom stereocenters. The zero-order valence-electron chi connectivity index (χ0n) is 11.1. The number of fused-ring (bicyclic) bond motifs is 1. The second-order valence-electron chi connectivity index (χ2n) is 5.37. The van der Waals surface area contributed by atoms with Crippen LogP contribution in [0.4, 0.5) is 5.69 Å². The maximum absolute atomic E-state index is 5.78. The van der Waals surface area contributed by atoms with Crippen molar-refractivity contribution >= 4 is 22.9 Å². The SMILES string of the molecule is NC(=S)c1ncccc1N1CCN2CCCCC2C1. The summed E-state index contributed by atoms with van der Waals surface area (Å²) in [6.45, 7) is 4.50. The smallest absolute Gasteiger partial charge is 0.124 e. The Balaban J connectivity index is 1.81. The molecular weight excluding hydrogens is 256 g/mol. The molecule has 2 N–H and O–H groups in total. The number of pyridine rings is 1. The molecule has 3 heterocycles. The highest BCUT2D eigenvalue weighted by Crippen LogP contribution is 2.26. The molecule has 0 aliphatic carbocycles. The van der Waals surface area contributed by atoms with E-state index in [1.807, 2.05) is 6.07 Å². The van der Waals surface area contributed by atoms with Gasteiger partial charge in [-0.15, -0.1) is 0 Å². The van der Waals surface area contributed by atoms with Crippen LogP contribution in [-0.4, -0.2) is 47.1 Å². The van der Waals surface area contributed by atoms with Crippen molar-refractivity contribution in [2.75, 3.05) is 31.1 Å². The number of aromatic nitrogens is 1. The molecule has 2 fully saturated rings. The minimum Gasteiger partial charge on any atom is -0.388 e. The summed E-state index contributed by atoms with van der Waals surface area (Å²) in [5, 5.41) is 0. The Bertz CT molecular complexity index is 476. The lowest BCUT2D eigenvalue weighted by atomic mass is 9.99. The molecule has 2 saturated heterocycles. The summed E-state index contributed by atoms with van der Waals surface area (Å²) < 4.78 is 0. The standard InChI is InChI=1S/C14H20N4S/c15-14(19)13-12(5-3-6-16-13)18-9-8-17-7-2-1-4-11(17)10-18/h3,5-6,11H,1-2,4,7-10H2,(H2,15,19). The van der Waals surface area contributed by atoms with Crippen molar-refractivity contribution in [1.29, 1.82) is 0 Å². The Morgan fingerprint density at radius 3 is 3.05 bits per heavy atom. The summed E-state index contributed by atoms with van der Waals surface area (Å²) in [7, 11) is 0. The van der Waals surface area contributed by atoms with Crippen molar-refractivity contribution < 1.29 is 0 Å². The predicted molar refractivity (Wildman–Crippen MR) is 81.5 cm³/mol. The lowest BCUT2D eigenvalue weighted by Gasteiger charge is -2.45. The van der Waals surface area contributed by atoms with Gasteiger partial charge in [-0.2, -0.15) is 0 Å². The molecule has 0 radical (unpaired) electrons. The summed E-state index contributed by atoms with van der Waals surface area (Å²) in [6.07, 6.45) is 5.76. The molecule has 102 valence electrons. The van der Waals surface area contributed by atoms with E-state index in [1.54, 1.807) is 6.20 Å². The van der Waals surface area contributed by atoms with Gasteiger partial charge >= 0.3 is 0 Å². The van der Waals surface area contributed by atoms with Gasteiger partial charge in [0.1, 0.15) is 10.7 Å². The number of anilines is 1. The quantitative estimate of drug-likeness (QED) is 0.827. The third-order valence-corrected chi connectivity index (χ3v) is 4.39. The molecule has 0 spiro atoms. The monoisotopic (exact) mass is 276 g/mol. The molecule has 0 saturated carbocycles. The highest BCUT2D eigenvalue weighted by molar-refractivity contribution is 7.80. The van der Waals surface area contributed by atoms with Gasteiger partial charge < -0.3 is 10.6 Å². The molecule has 1 aromatic heterocycles. The summed E-state index contributed by atoms with van der Waals surface area (Å²) in [6, 6.07) is 4.73. The summed E-state index contributed by atoms with van der Waals surface area (Å²) in [5.41, 5.74) is 7.65. The van der Waals surface area contributed by atoms with Crippen LogP contribution in [0.2, 0.25) is 0 Å². The number of nitrogens with zero attached hydrogens (tertiary/aromatic N) is 3. The highest BCUT2D eigenvalue weighted by atomic mass is 32.1. The number of nitrogens with two attached hydrogens (primary N) is 1. The number of piperazine rings is 1. The van der Waals surface area contributed by atoms with Crippen LogP contribution in [0, 0.1) is 0 Å². The lowest BCUT2D eigenvalue weighted by Crippen LogP contribution is -2.55. The van der Waals surface area contributed by atoms with E-state index in [2.05, 4.69) is 20.9 Å². The van der Waals surface area contributed by atoms with Crippen molar-refractivity contribution in [3.63, 3.8) is 0 Å². The van der Waals surface area contributed by atoms with Crippen LogP contribution in [0.5, 0.6) is 0 Å². The van der Waals surface area contributed by atoms with Gasteiger partial charge in [0.2, 0.25) is 0 Å². The van der Waals surface area contributed by atoms with E-state index in [1.165, 1.54) is 25.8 Å². The Morgan fingerprint density at radius 1 is 1.32 bits per heavy atom. The van der Waals surface area contributed by atoms with Crippen LogP contribution in [0.25, 0.3) is 0 Å². The maximum Gasteiger partial charge on any atom is 0.124 e. The lowest BCUT2D eigenvalue weighted by molar-refractivity contribution is 0.133. The van der Waals surface area contributed by atoms with Crippen LogP contribution >= 0.6 is 12.2 Å². The number of rotatable bonds is 2. The van der Waals surface area contributed by atoms with Gasteiger partial charge in [0.25, 0.3) is 0 Å². The molecule has 19 heavy (non-hydrogen) atoms. The van der Waals surface area contributed by atoms with Gasteiger partial charge in [-0.3, -0.25) is 9.88 Å². The molecule has 0 bridgehead atoms. The fourth-order valence-corrected chi connectivity index (χ4v) is 3.37. The zero-order valence-corrected chi connectivity index (χ0v) is 11.9. The van der Waals surface area contributed by atoms with Crippen molar-refractivity contribution in [2.24, 2.45) is 5.73 Å². The Hall–Kier alpha value is -1.20. The van der Waals surface area contributed by atoms with Gasteiger partial charge in [0.05, 0.1) is 5.69 Å². The van der Waals surface area contributed by atoms with E-state index in [0.717, 1.165) is 31.0 Å². The van der Waals surface area contributed by atoms with Gasteiger partial charge in [0.15, 0.2) is 0 Å². The number of thiocarbonyl (C=S) groups is 1. The molecule has 2 aliphatic rings. The zero-order chi connectivity index (χ0) is 13.2. The minimum absolute atomic E-state index is 0.390. The van der Waals surface area contributed by atoms with E-state index in [4.69, 9.17) is 18.0 Å². The fourth-order valence-electron chi connectivity index (χ4n) is 3.22. The van der Waals surface area contributed by atoms with Crippen LogP contribution < -0.4 is 10.6 Å². The Kier molecular flexibility index (Phi) is 3.66. The second kappa shape index (κ2) is 5.43. The first kappa shape index (κ1) is 12.8. The largest absolute Gasteiger partial charge is 0.388 e. The molecular formula is C14H20N4S. The summed E-state index contributed by atoms with van der Waals surface area (Å²) >= 11 is 5.11. The number of hydrogen-bond acceptors (Lipinski definition) is 4. The average molecular weight is 276 g/mol. The van der Waals surface area contributed by atoms with E-state index < -0.39 is 0 Å². The average Bonchev–Trinajstić information content (AvgIpc) is 2.46. The molecule has 2 aliphatic heterocycles. The van der Waals surface area contributed by atoms with Crippen LogP contribution in [0.3, 0.4) is 0 Å². The van der Waals surface area contributed by atoms with Gasteiger partial charge in [0, 0.05) is 31.9 Å².